The Kier molecular flexibility index (Phi) is 3.98. The van der Waals surface area contributed by atoms with Crippen LogP contribution >= 0.6 is 11.8 Å². The van der Waals surface area contributed by atoms with Gasteiger partial charge in [-0.2, -0.15) is 0 Å². The summed E-state index contributed by atoms with van der Waals surface area (Å²) in [4.78, 5) is 16.9. The average Bonchev–Trinajstić information content (AvgIpc) is 2.54. The summed E-state index contributed by atoms with van der Waals surface area (Å²) >= 11 is 1.41. The van der Waals surface area contributed by atoms with E-state index >= 15 is 0 Å². The van der Waals surface area contributed by atoms with Crippen LogP contribution in [0, 0.1) is 0 Å². The van der Waals surface area contributed by atoms with Crippen LogP contribution in [0.2, 0.25) is 0 Å². The highest BCUT2D eigenvalue weighted by Crippen LogP contribution is 2.31. The smallest absolute Gasteiger partial charge is 0.336 e. The van der Waals surface area contributed by atoms with Crippen LogP contribution in [0.25, 0.3) is 10.9 Å². The van der Waals surface area contributed by atoms with E-state index in [1.54, 1.807) is 19.2 Å². The lowest BCUT2D eigenvalue weighted by molar-refractivity contribution is 0.0698. The molecule has 0 saturated heterocycles. The number of carboxylic acids is 1. The van der Waals surface area contributed by atoms with Crippen LogP contribution in [0.3, 0.4) is 0 Å². The van der Waals surface area contributed by atoms with Crippen LogP contribution in [0.4, 0.5) is 0 Å². The van der Waals surface area contributed by atoms with E-state index in [9.17, 15) is 9.90 Å². The fourth-order valence-electron chi connectivity index (χ4n) is 2.17. The molecule has 22 heavy (non-hydrogen) atoms. The van der Waals surface area contributed by atoms with Crippen LogP contribution in [0.5, 0.6) is 5.75 Å². The number of aromatic carboxylic acids is 1. The molecule has 2 aromatic carbocycles. The third-order valence-electron chi connectivity index (χ3n) is 3.19. The molecule has 1 heterocycles. The molecule has 0 unspecified atom stereocenters. The van der Waals surface area contributed by atoms with Crippen LogP contribution in [-0.2, 0) is 0 Å². The van der Waals surface area contributed by atoms with E-state index in [0.717, 1.165) is 10.6 Å². The lowest BCUT2D eigenvalue weighted by Crippen LogP contribution is -1.99. The predicted molar refractivity (Wildman–Crippen MR) is 85.8 cm³/mol. The van der Waals surface area contributed by atoms with E-state index in [1.807, 2.05) is 42.5 Å². The average molecular weight is 311 g/mol. The lowest BCUT2D eigenvalue weighted by Gasteiger charge is -2.07. The van der Waals surface area contributed by atoms with Crippen molar-refractivity contribution in [3.63, 3.8) is 0 Å². The van der Waals surface area contributed by atoms with Crippen molar-refractivity contribution in [2.24, 2.45) is 0 Å². The Hall–Kier alpha value is -2.53. The second-order valence-corrected chi connectivity index (χ2v) is 5.71. The minimum Gasteiger partial charge on any atom is -0.497 e. The number of pyridine rings is 1. The number of hydrogen-bond donors (Lipinski definition) is 1. The number of nitrogens with zero attached hydrogens (tertiary/aromatic N) is 1. The molecule has 0 aliphatic carbocycles. The number of methoxy groups -OCH3 is 1. The first-order valence-electron chi connectivity index (χ1n) is 6.62. The molecule has 0 aliphatic rings. The number of carbonyl (C=O) groups is 1. The SMILES string of the molecule is COc1cccc(Sc2cc(C(=O)O)c3ccccc3n2)c1. The van der Waals surface area contributed by atoms with E-state index in [-0.39, 0.29) is 5.56 Å². The van der Waals surface area contributed by atoms with Crippen LogP contribution in [0.15, 0.2) is 64.5 Å². The molecule has 0 radical (unpaired) electrons. The van der Waals surface area contributed by atoms with Gasteiger partial charge in [0.1, 0.15) is 10.8 Å². The van der Waals surface area contributed by atoms with Crippen molar-refractivity contribution in [3.05, 3.63) is 60.2 Å². The van der Waals surface area contributed by atoms with Gasteiger partial charge in [-0.15, -0.1) is 0 Å². The Labute approximate surface area is 131 Å². The van der Waals surface area contributed by atoms with Crippen molar-refractivity contribution < 1.29 is 14.6 Å². The number of carboxylic acid groups (broad SMARTS) is 1. The molecule has 0 spiro atoms. The third kappa shape index (κ3) is 2.89. The van der Waals surface area contributed by atoms with Crippen molar-refractivity contribution >= 4 is 28.6 Å². The third-order valence-corrected chi connectivity index (χ3v) is 4.09. The van der Waals surface area contributed by atoms with Gasteiger partial charge in [0, 0.05) is 10.3 Å². The van der Waals surface area contributed by atoms with Gasteiger partial charge in [-0.05, 0) is 30.3 Å². The lowest BCUT2D eigenvalue weighted by atomic mass is 10.1. The maximum atomic E-state index is 11.5. The molecule has 0 saturated carbocycles. The molecule has 110 valence electrons. The summed E-state index contributed by atoms with van der Waals surface area (Å²) < 4.78 is 5.20. The minimum absolute atomic E-state index is 0.260. The topological polar surface area (TPSA) is 59.4 Å². The van der Waals surface area contributed by atoms with Crippen molar-refractivity contribution in [1.82, 2.24) is 4.98 Å². The first-order chi connectivity index (χ1) is 10.7. The van der Waals surface area contributed by atoms with E-state index in [0.29, 0.717) is 15.9 Å². The summed E-state index contributed by atoms with van der Waals surface area (Å²) in [6.07, 6.45) is 0. The van der Waals surface area contributed by atoms with Gasteiger partial charge in [0.25, 0.3) is 0 Å². The summed E-state index contributed by atoms with van der Waals surface area (Å²) in [5, 5.41) is 10.7. The highest BCUT2D eigenvalue weighted by molar-refractivity contribution is 7.99. The first kappa shape index (κ1) is 14.4. The molecule has 5 heteroatoms. The molecule has 0 atom stereocenters. The Balaban J connectivity index is 2.05. The van der Waals surface area contributed by atoms with Gasteiger partial charge in [-0.25, -0.2) is 9.78 Å². The molecular formula is C17H13NO3S. The van der Waals surface area contributed by atoms with Gasteiger partial charge >= 0.3 is 5.97 Å². The Morgan fingerprint density at radius 3 is 2.73 bits per heavy atom. The van der Waals surface area contributed by atoms with Crippen LogP contribution in [-0.4, -0.2) is 23.2 Å². The number of rotatable bonds is 4. The molecule has 1 N–H and O–H groups in total. The van der Waals surface area contributed by atoms with Crippen molar-refractivity contribution in [2.45, 2.75) is 9.92 Å². The molecule has 0 fully saturated rings. The normalized spacial score (nSPS) is 10.6. The van der Waals surface area contributed by atoms with Crippen LogP contribution < -0.4 is 4.74 Å². The van der Waals surface area contributed by atoms with Gasteiger partial charge in [-0.3, -0.25) is 0 Å². The largest absolute Gasteiger partial charge is 0.497 e. The monoisotopic (exact) mass is 311 g/mol. The Bertz CT molecular complexity index is 848. The van der Waals surface area contributed by atoms with Crippen molar-refractivity contribution in [1.29, 1.82) is 0 Å². The van der Waals surface area contributed by atoms with Gasteiger partial charge in [-0.1, -0.05) is 36.0 Å². The second-order valence-electron chi connectivity index (χ2n) is 4.61. The summed E-state index contributed by atoms with van der Waals surface area (Å²) in [5.74, 6) is -0.199. The number of ether oxygens (including phenoxy) is 1. The van der Waals surface area contributed by atoms with Crippen molar-refractivity contribution in [3.8, 4) is 5.75 Å². The molecule has 0 amide bonds. The first-order valence-corrected chi connectivity index (χ1v) is 7.44. The fraction of sp³-hybridized carbons (Fsp3) is 0.0588. The number of aromatic nitrogens is 1. The van der Waals surface area contributed by atoms with E-state index in [4.69, 9.17) is 4.74 Å². The predicted octanol–water partition coefficient (Wildman–Crippen LogP) is 4.09. The molecule has 3 aromatic rings. The van der Waals surface area contributed by atoms with Crippen LogP contribution in [0.1, 0.15) is 10.4 Å². The summed E-state index contributed by atoms with van der Waals surface area (Å²) in [5.41, 5.74) is 0.934. The van der Waals surface area contributed by atoms with E-state index in [1.165, 1.54) is 11.8 Å². The maximum absolute atomic E-state index is 11.5. The van der Waals surface area contributed by atoms with Crippen molar-refractivity contribution in [2.75, 3.05) is 7.11 Å². The van der Waals surface area contributed by atoms with Gasteiger partial charge in [0.2, 0.25) is 0 Å². The summed E-state index contributed by atoms with van der Waals surface area (Å²) in [7, 11) is 1.61. The Morgan fingerprint density at radius 2 is 1.95 bits per heavy atom. The quantitative estimate of drug-likeness (QED) is 0.786. The van der Waals surface area contributed by atoms with Gasteiger partial charge < -0.3 is 9.84 Å². The zero-order valence-electron chi connectivity index (χ0n) is 11.8. The number of benzene rings is 2. The highest BCUT2D eigenvalue weighted by Gasteiger charge is 2.12. The minimum atomic E-state index is -0.953. The maximum Gasteiger partial charge on any atom is 0.336 e. The molecule has 0 aliphatic heterocycles. The highest BCUT2D eigenvalue weighted by atomic mass is 32.2. The molecular weight excluding hydrogens is 298 g/mol. The molecule has 3 rings (SSSR count). The number of fused-ring (bicyclic) bond motifs is 1. The van der Waals surface area contributed by atoms with E-state index < -0.39 is 5.97 Å². The summed E-state index contributed by atoms with van der Waals surface area (Å²) in [6.45, 7) is 0. The molecule has 1 aromatic heterocycles. The molecule has 0 bridgehead atoms. The summed E-state index contributed by atoms with van der Waals surface area (Å²) in [6, 6.07) is 16.4. The molecule has 4 nitrogen and oxygen atoms in total. The number of para-hydroxylation sites is 1. The number of hydrogen-bond acceptors (Lipinski definition) is 4. The second kappa shape index (κ2) is 6.07. The van der Waals surface area contributed by atoms with Gasteiger partial charge in [0.05, 0.1) is 18.2 Å². The van der Waals surface area contributed by atoms with Gasteiger partial charge in [0.15, 0.2) is 0 Å². The zero-order chi connectivity index (χ0) is 15.5. The Morgan fingerprint density at radius 1 is 1.14 bits per heavy atom. The fourth-order valence-corrected chi connectivity index (χ4v) is 3.05. The van der Waals surface area contributed by atoms with E-state index in [2.05, 4.69) is 4.98 Å². The zero-order valence-corrected chi connectivity index (χ0v) is 12.6. The standard InChI is InChI=1S/C17H13NO3S/c1-21-11-5-4-6-12(9-11)22-16-10-14(17(19)20)13-7-2-3-8-15(13)18-16/h2-10H,1H3,(H,19,20).